The third kappa shape index (κ3) is 24.6. The summed E-state index contributed by atoms with van der Waals surface area (Å²) in [4.78, 5) is 26.6. The van der Waals surface area contributed by atoms with Crippen LogP contribution in [-0.2, 0) is 42.7 Å². The number of esters is 1. The summed E-state index contributed by atoms with van der Waals surface area (Å²) >= 11 is 0. The Morgan fingerprint density at radius 1 is 0.413 bits per heavy atom. The van der Waals surface area contributed by atoms with Gasteiger partial charge in [-0.1, -0.05) is 174 Å². The maximum atomic E-state index is 13.7. The highest BCUT2D eigenvalue weighted by molar-refractivity contribution is 5.69. The molecule has 3 fully saturated rings. The Bertz CT molecular complexity index is 1390. The van der Waals surface area contributed by atoms with Crippen LogP contribution in [0.15, 0.2) is 0 Å². The van der Waals surface area contributed by atoms with E-state index in [-0.39, 0.29) is 19.6 Å². The number of aliphatic hydroxyl groups excluding tert-OH is 11. The summed E-state index contributed by atoms with van der Waals surface area (Å²) in [6, 6.07) is 0. The zero-order valence-electron chi connectivity index (χ0n) is 45.2. The Labute approximate surface area is 445 Å². The predicted octanol–water partition coefficient (Wildman–Crippen LogP) is 3.87. The van der Waals surface area contributed by atoms with Crippen molar-refractivity contribution in [3.05, 3.63) is 0 Å². The molecule has 1 aliphatic carbocycles. The van der Waals surface area contributed by atoms with E-state index >= 15 is 0 Å². The zero-order chi connectivity index (χ0) is 55.0. The molecule has 75 heavy (non-hydrogen) atoms. The topological polar surface area (TPSA) is 331 Å². The summed E-state index contributed by atoms with van der Waals surface area (Å²) in [5.74, 6) is -0.448. The van der Waals surface area contributed by atoms with Gasteiger partial charge in [-0.2, -0.15) is 0 Å². The minimum absolute atomic E-state index is 0.191. The van der Waals surface area contributed by atoms with Crippen molar-refractivity contribution in [2.45, 2.75) is 298 Å². The van der Waals surface area contributed by atoms with Gasteiger partial charge in [-0.15, -0.1) is 0 Å². The minimum Gasteiger partial charge on any atom is -0.463 e. The van der Waals surface area contributed by atoms with Crippen LogP contribution in [0.5, 0.6) is 0 Å². The Morgan fingerprint density at radius 3 is 1.15 bits per heavy atom. The maximum absolute atomic E-state index is 13.7. The molecule has 0 aromatic carbocycles. The number of aliphatic hydroxyl groups is 11. The van der Waals surface area contributed by atoms with Crippen LogP contribution in [0, 0.1) is 0 Å². The number of hydrogen-bond acceptors (Lipinski definition) is 21. The summed E-state index contributed by atoms with van der Waals surface area (Å²) in [6.45, 7) is 2.15. The van der Waals surface area contributed by atoms with Crippen molar-refractivity contribution in [2.24, 2.45) is 0 Å². The smallest absolute Gasteiger partial charge is 0.463 e. The van der Waals surface area contributed by atoms with E-state index in [1.165, 1.54) is 116 Å². The number of carbonyl (C=O) groups excluding carboxylic acids is 2. The number of unbranched alkanes of at least 4 members (excludes halogenated alkanes) is 25. The largest absolute Gasteiger partial charge is 0.508 e. The molecule has 2 heterocycles. The molecule has 21 heteroatoms. The summed E-state index contributed by atoms with van der Waals surface area (Å²) in [5.41, 5.74) is 0. The monoisotopic (exact) mass is 1080 g/mol. The van der Waals surface area contributed by atoms with Gasteiger partial charge < -0.3 is 94.1 Å². The Morgan fingerprint density at radius 2 is 0.760 bits per heavy atom. The van der Waals surface area contributed by atoms with Crippen LogP contribution in [0.1, 0.15) is 194 Å². The second-order valence-corrected chi connectivity index (χ2v) is 21.0. The fourth-order valence-electron chi connectivity index (χ4n) is 9.83. The second-order valence-electron chi connectivity index (χ2n) is 21.0. The maximum Gasteiger partial charge on any atom is 0.508 e. The molecule has 9 unspecified atom stereocenters. The lowest BCUT2D eigenvalue weighted by molar-refractivity contribution is -0.361. The molecule has 0 aromatic heterocycles. The van der Waals surface area contributed by atoms with Crippen LogP contribution >= 0.6 is 0 Å². The molecule has 0 spiro atoms. The van der Waals surface area contributed by atoms with E-state index in [1.807, 2.05) is 0 Å². The average Bonchev–Trinajstić information content (AvgIpc) is 3.40. The van der Waals surface area contributed by atoms with Gasteiger partial charge in [0.25, 0.3) is 0 Å². The second kappa shape index (κ2) is 39.5. The Kier molecular flexibility index (Phi) is 35.5. The van der Waals surface area contributed by atoms with Gasteiger partial charge in [0.15, 0.2) is 18.7 Å². The van der Waals surface area contributed by atoms with Crippen LogP contribution in [0.3, 0.4) is 0 Å². The van der Waals surface area contributed by atoms with Gasteiger partial charge >= 0.3 is 12.1 Å². The number of carbonyl (C=O) groups is 2. The zero-order valence-corrected chi connectivity index (χ0v) is 45.2. The molecular formula is C54H100O21. The van der Waals surface area contributed by atoms with Crippen LogP contribution in [0.2, 0.25) is 0 Å². The SMILES string of the molecule is CCCCCCCCCCCCCCCCO[C@H](COC(=O)CCCCCCCCCCCCCCC)COC(=O)OC1C(O[C@H]2OC(CO)[C@@H](O)[C@H](O)C2O)C(O)C(O)[C@H](O)C1O[C@H]1OC(CO)[C@@H](O)C(O)[C@H]1O. The van der Waals surface area contributed by atoms with Crippen LogP contribution in [0.4, 0.5) is 4.79 Å². The lowest BCUT2D eigenvalue weighted by atomic mass is 9.84. The highest BCUT2D eigenvalue weighted by atomic mass is 16.8. The van der Waals surface area contributed by atoms with E-state index in [1.54, 1.807) is 0 Å². The third-order valence-electron chi connectivity index (χ3n) is 14.7. The van der Waals surface area contributed by atoms with Crippen molar-refractivity contribution in [2.75, 3.05) is 33.0 Å². The summed E-state index contributed by atoms with van der Waals surface area (Å²) in [6.07, 6.45) is -2.31. The predicted molar refractivity (Wildman–Crippen MR) is 273 cm³/mol. The molecule has 0 bridgehead atoms. The van der Waals surface area contributed by atoms with Crippen LogP contribution in [-0.4, -0.2) is 205 Å². The van der Waals surface area contributed by atoms with Crippen LogP contribution < -0.4 is 0 Å². The first kappa shape index (κ1) is 67.4. The minimum atomic E-state index is -2.19. The fraction of sp³-hybridized carbons (Fsp3) is 0.963. The first-order chi connectivity index (χ1) is 36.2. The molecule has 3 aliphatic rings. The normalized spacial score (nSPS) is 31.5. The number of ether oxygens (including phenoxy) is 8. The Hall–Kier alpha value is -1.90. The standard InChI is InChI=1S/C54H100O21/c1-3-5-7-9-11-13-15-17-19-21-23-25-27-29-31-68-36(34-69-39(57)30-28-26-24-22-20-18-16-14-12-10-8-6-4-2)35-70-54(67)75-51-49(73-52-47(65)42(60)40(58)37(32-55)71-52)45(63)44(62)46(64)50(51)74-53-48(66)43(61)41(59)38(33-56)72-53/h36-38,40-53,55-56,58-66H,3-35H2,1-2H3/t36-,37?,38?,40-,41-,42+,43?,44?,45?,46+,47?,48-,49?,50?,51?,52-,53-/m1/s1. The molecule has 1 saturated carbocycles. The van der Waals surface area contributed by atoms with Crippen molar-refractivity contribution in [1.82, 2.24) is 0 Å². The van der Waals surface area contributed by atoms with Crippen molar-refractivity contribution in [3.63, 3.8) is 0 Å². The molecule has 2 saturated heterocycles. The van der Waals surface area contributed by atoms with E-state index in [0.717, 1.165) is 44.9 Å². The molecule has 3 rings (SSSR count). The molecule has 442 valence electrons. The average molecular weight is 1090 g/mol. The molecule has 11 N–H and O–H groups in total. The van der Waals surface area contributed by atoms with E-state index in [2.05, 4.69) is 13.8 Å². The van der Waals surface area contributed by atoms with E-state index < -0.39 is 136 Å². The molecule has 0 amide bonds. The quantitative estimate of drug-likeness (QED) is 0.0306. The van der Waals surface area contributed by atoms with Gasteiger partial charge in [0.1, 0.15) is 98.7 Å². The lowest BCUT2D eigenvalue weighted by Crippen LogP contribution is -2.70. The van der Waals surface area contributed by atoms with Crippen molar-refractivity contribution >= 4 is 12.1 Å². The molecular weight excluding hydrogens is 985 g/mol. The molecule has 0 aromatic rings. The van der Waals surface area contributed by atoms with Gasteiger partial charge in [-0.25, -0.2) is 4.79 Å². The van der Waals surface area contributed by atoms with Crippen LogP contribution in [0.25, 0.3) is 0 Å². The van der Waals surface area contributed by atoms with Gasteiger partial charge in [0.05, 0.1) is 13.2 Å². The van der Waals surface area contributed by atoms with Gasteiger partial charge in [-0.3, -0.25) is 4.79 Å². The number of hydrogen-bond donors (Lipinski definition) is 11. The van der Waals surface area contributed by atoms with E-state index in [4.69, 9.17) is 37.9 Å². The van der Waals surface area contributed by atoms with Gasteiger partial charge in [0, 0.05) is 13.0 Å². The third-order valence-corrected chi connectivity index (χ3v) is 14.7. The number of rotatable bonds is 41. The molecule has 21 nitrogen and oxygen atoms in total. The van der Waals surface area contributed by atoms with Crippen molar-refractivity contribution in [1.29, 1.82) is 0 Å². The van der Waals surface area contributed by atoms with E-state index in [0.29, 0.717) is 12.8 Å². The fourth-order valence-corrected chi connectivity index (χ4v) is 9.83. The summed E-state index contributed by atoms with van der Waals surface area (Å²) < 4.78 is 45.1. The molecule has 0 radical (unpaired) electrons. The summed E-state index contributed by atoms with van der Waals surface area (Å²) in [5, 5.41) is 116. The first-order valence-corrected chi connectivity index (χ1v) is 28.8. The highest BCUT2D eigenvalue weighted by Crippen LogP contribution is 2.35. The van der Waals surface area contributed by atoms with Gasteiger partial charge in [-0.05, 0) is 12.8 Å². The lowest BCUT2D eigenvalue weighted by Gasteiger charge is -2.49. The summed E-state index contributed by atoms with van der Waals surface area (Å²) in [7, 11) is 0. The first-order valence-electron chi connectivity index (χ1n) is 28.8. The molecule has 17 atom stereocenters. The highest BCUT2D eigenvalue weighted by Gasteiger charge is 2.57. The van der Waals surface area contributed by atoms with Gasteiger partial charge in [0.2, 0.25) is 0 Å². The Balaban J connectivity index is 1.65. The van der Waals surface area contributed by atoms with E-state index in [9.17, 15) is 65.8 Å². The van der Waals surface area contributed by atoms with Crippen molar-refractivity contribution < 1.29 is 104 Å². The van der Waals surface area contributed by atoms with Crippen molar-refractivity contribution in [3.8, 4) is 0 Å². The molecule has 2 aliphatic heterocycles.